The van der Waals surface area contributed by atoms with E-state index in [-0.39, 0.29) is 24.0 Å². The number of hydrogen-bond donors (Lipinski definition) is 0. The molecular formula is C19H25NO6S. The fraction of sp³-hybridized carbons (Fsp3) is 0.579. The lowest BCUT2D eigenvalue weighted by Crippen LogP contribution is -2.29. The fourth-order valence-electron chi connectivity index (χ4n) is 3.36. The monoisotopic (exact) mass is 395 g/mol. The van der Waals surface area contributed by atoms with Crippen LogP contribution in [0.5, 0.6) is 0 Å². The van der Waals surface area contributed by atoms with E-state index in [9.17, 15) is 18.0 Å². The summed E-state index contributed by atoms with van der Waals surface area (Å²) in [6.45, 7) is 2.46. The van der Waals surface area contributed by atoms with Crippen molar-refractivity contribution in [2.24, 2.45) is 0 Å². The largest absolute Gasteiger partial charge is 0.463 e. The molecule has 0 radical (unpaired) electrons. The summed E-state index contributed by atoms with van der Waals surface area (Å²) in [5, 5.41) is 0. The van der Waals surface area contributed by atoms with Crippen LogP contribution < -0.4 is 4.90 Å². The van der Waals surface area contributed by atoms with E-state index in [4.69, 9.17) is 9.47 Å². The van der Waals surface area contributed by atoms with Crippen molar-refractivity contribution in [1.29, 1.82) is 0 Å². The first kappa shape index (κ1) is 19.7. The summed E-state index contributed by atoms with van der Waals surface area (Å²) in [5.74, 6) is 0.146. The van der Waals surface area contributed by atoms with Crippen LogP contribution in [-0.2, 0) is 24.1 Å². The van der Waals surface area contributed by atoms with Crippen LogP contribution in [-0.4, -0.2) is 51.2 Å². The number of carbonyl (C=O) groups is 2. The van der Waals surface area contributed by atoms with E-state index in [1.165, 1.54) is 4.90 Å². The average Bonchev–Trinajstić information content (AvgIpc) is 3.04. The number of benzene rings is 1. The Hall–Kier alpha value is -2.09. The van der Waals surface area contributed by atoms with Crippen LogP contribution in [0.15, 0.2) is 24.3 Å². The molecule has 0 spiro atoms. The summed E-state index contributed by atoms with van der Waals surface area (Å²) in [6.07, 6.45) is 1.48. The van der Waals surface area contributed by atoms with Crippen molar-refractivity contribution in [3.63, 3.8) is 0 Å². The molecule has 0 aromatic heterocycles. The highest BCUT2D eigenvalue weighted by atomic mass is 32.2. The minimum Gasteiger partial charge on any atom is -0.463 e. The first-order chi connectivity index (χ1) is 12.9. The van der Waals surface area contributed by atoms with Crippen LogP contribution in [0.4, 0.5) is 10.5 Å². The summed E-state index contributed by atoms with van der Waals surface area (Å²) < 4.78 is 33.4. The van der Waals surface area contributed by atoms with Crippen LogP contribution >= 0.6 is 0 Å². The molecular weight excluding hydrogens is 370 g/mol. The van der Waals surface area contributed by atoms with Gasteiger partial charge in [0.1, 0.15) is 9.84 Å². The maximum Gasteiger partial charge on any atom is 0.415 e. The molecule has 2 heterocycles. The normalized spacial score (nSPS) is 22.5. The van der Waals surface area contributed by atoms with Gasteiger partial charge in [-0.1, -0.05) is 25.5 Å². The molecule has 1 atom stereocenters. The van der Waals surface area contributed by atoms with E-state index >= 15 is 0 Å². The van der Waals surface area contributed by atoms with E-state index in [0.717, 1.165) is 18.4 Å². The van der Waals surface area contributed by atoms with Gasteiger partial charge in [-0.25, -0.2) is 18.0 Å². The molecule has 1 aromatic carbocycles. The zero-order valence-corrected chi connectivity index (χ0v) is 16.2. The first-order valence-corrected chi connectivity index (χ1v) is 11.2. The van der Waals surface area contributed by atoms with Crippen molar-refractivity contribution >= 4 is 27.6 Å². The number of sulfone groups is 1. The minimum atomic E-state index is -2.89. The molecule has 2 aliphatic rings. The van der Waals surface area contributed by atoms with Gasteiger partial charge in [0.2, 0.25) is 6.10 Å². The molecule has 2 fully saturated rings. The van der Waals surface area contributed by atoms with Crippen molar-refractivity contribution in [1.82, 2.24) is 0 Å². The quantitative estimate of drug-likeness (QED) is 0.543. The zero-order valence-electron chi connectivity index (χ0n) is 15.4. The van der Waals surface area contributed by atoms with Crippen molar-refractivity contribution in [3.8, 4) is 0 Å². The van der Waals surface area contributed by atoms with Gasteiger partial charge in [-0.2, -0.15) is 0 Å². The lowest BCUT2D eigenvalue weighted by Gasteiger charge is -2.23. The molecule has 0 N–H and O–H groups in total. The van der Waals surface area contributed by atoms with Crippen molar-refractivity contribution < 1.29 is 27.5 Å². The number of nitrogens with zero attached hydrogens (tertiary/aromatic N) is 1. The lowest BCUT2D eigenvalue weighted by atomic mass is 9.93. The van der Waals surface area contributed by atoms with Crippen LogP contribution in [0, 0.1) is 0 Å². The van der Waals surface area contributed by atoms with Gasteiger partial charge in [0.05, 0.1) is 24.7 Å². The van der Waals surface area contributed by atoms with Crippen LogP contribution in [0.25, 0.3) is 0 Å². The van der Waals surface area contributed by atoms with Gasteiger partial charge in [-0.05, 0) is 42.9 Å². The summed E-state index contributed by atoms with van der Waals surface area (Å²) in [7, 11) is -2.89. The molecule has 2 aliphatic heterocycles. The third-order valence-electron chi connectivity index (χ3n) is 5.05. The maximum absolute atomic E-state index is 12.1. The SMILES string of the molecule is CCCCOC(=O)[C@H]1CN(c2ccc(C3CCS(=O)(=O)CC3)cc2)C(=O)O1. The molecule has 3 rings (SSSR count). The number of anilines is 1. The second kappa shape index (κ2) is 8.29. The minimum absolute atomic E-state index is 0.130. The fourth-order valence-corrected chi connectivity index (χ4v) is 4.85. The number of amides is 1. The number of rotatable bonds is 6. The number of carbonyl (C=O) groups excluding carboxylic acids is 2. The van der Waals surface area contributed by atoms with Crippen LogP contribution in [0.3, 0.4) is 0 Å². The van der Waals surface area contributed by atoms with Gasteiger partial charge in [-0.3, -0.25) is 4.90 Å². The van der Waals surface area contributed by atoms with Crippen LogP contribution in [0.2, 0.25) is 0 Å². The van der Waals surface area contributed by atoms with E-state index < -0.39 is 28.0 Å². The average molecular weight is 395 g/mol. The Labute approximate surface area is 159 Å². The van der Waals surface area contributed by atoms with Gasteiger partial charge in [0.25, 0.3) is 0 Å². The topological polar surface area (TPSA) is 90.0 Å². The van der Waals surface area contributed by atoms with Gasteiger partial charge in [0.15, 0.2) is 0 Å². The van der Waals surface area contributed by atoms with Gasteiger partial charge in [-0.15, -0.1) is 0 Å². The predicted octanol–water partition coefficient (Wildman–Crippen LogP) is 2.65. The Morgan fingerprint density at radius 3 is 2.52 bits per heavy atom. The standard InChI is InChI=1S/C19H25NO6S/c1-2-3-10-25-18(21)17-13-20(19(22)26-17)16-6-4-14(5-7-16)15-8-11-27(23,24)12-9-15/h4-7,15,17H,2-3,8-13H2,1H3/t17-/m1/s1. The van der Waals surface area contributed by atoms with Crippen LogP contribution in [0.1, 0.15) is 44.1 Å². The maximum atomic E-state index is 12.1. The zero-order chi connectivity index (χ0) is 19.4. The van der Waals surface area contributed by atoms with Crippen molar-refractivity contribution in [2.75, 3.05) is 29.6 Å². The molecule has 148 valence electrons. The molecule has 0 saturated carbocycles. The van der Waals surface area contributed by atoms with E-state index in [2.05, 4.69) is 0 Å². The number of hydrogen-bond acceptors (Lipinski definition) is 6. The summed E-state index contributed by atoms with van der Waals surface area (Å²) >= 11 is 0. The Morgan fingerprint density at radius 1 is 1.22 bits per heavy atom. The molecule has 2 saturated heterocycles. The highest BCUT2D eigenvalue weighted by Crippen LogP contribution is 2.31. The Bertz CT molecular complexity index is 775. The molecule has 0 bridgehead atoms. The molecule has 27 heavy (non-hydrogen) atoms. The Balaban J connectivity index is 1.60. The Morgan fingerprint density at radius 2 is 1.89 bits per heavy atom. The van der Waals surface area contributed by atoms with Gasteiger partial charge >= 0.3 is 12.1 Å². The van der Waals surface area contributed by atoms with Gasteiger partial charge < -0.3 is 9.47 Å². The summed E-state index contributed by atoms with van der Waals surface area (Å²) in [6, 6.07) is 7.45. The second-order valence-corrected chi connectivity index (χ2v) is 9.33. The van der Waals surface area contributed by atoms with Gasteiger partial charge in [0, 0.05) is 5.69 Å². The highest BCUT2D eigenvalue weighted by Gasteiger charge is 2.38. The summed E-state index contributed by atoms with van der Waals surface area (Å²) in [4.78, 5) is 25.5. The van der Waals surface area contributed by atoms with Crippen molar-refractivity contribution in [3.05, 3.63) is 29.8 Å². The second-order valence-electron chi connectivity index (χ2n) is 7.02. The van der Waals surface area contributed by atoms with E-state index in [0.29, 0.717) is 25.1 Å². The number of esters is 1. The third kappa shape index (κ3) is 4.80. The molecule has 0 aliphatic carbocycles. The number of ether oxygens (including phenoxy) is 2. The molecule has 8 heteroatoms. The molecule has 7 nitrogen and oxygen atoms in total. The summed E-state index contributed by atoms with van der Waals surface area (Å²) in [5.41, 5.74) is 1.72. The van der Waals surface area contributed by atoms with Crippen molar-refractivity contribution in [2.45, 2.75) is 44.6 Å². The molecule has 1 aromatic rings. The smallest absolute Gasteiger partial charge is 0.415 e. The lowest BCUT2D eigenvalue weighted by molar-refractivity contribution is -0.151. The molecule has 0 unspecified atom stereocenters. The highest BCUT2D eigenvalue weighted by molar-refractivity contribution is 7.91. The van der Waals surface area contributed by atoms with E-state index in [1.807, 2.05) is 31.2 Å². The number of cyclic esters (lactones) is 1. The predicted molar refractivity (Wildman–Crippen MR) is 101 cm³/mol. The molecule has 1 amide bonds. The first-order valence-electron chi connectivity index (χ1n) is 9.35. The third-order valence-corrected chi connectivity index (χ3v) is 6.76. The Kier molecular flexibility index (Phi) is 6.04. The number of unbranched alkanes of at least 4 members (excludes halogenated alkanes) is 1. The van der Waals surface area contributed by atoms with E-state index in [1.54, 1.807) is 0 Å².